The second kappa shape index (κ2) is 4.50. The fourth-order valence-electron chi connectivity index (χ4n) is 0.983. The van der Waals surface area contributed by atoms with Crippen LogP contribution in [0.25, 0.3) is 0 Å². The normalized spacial score (nSPS) is 11.3. The first kappa shape index (κ1) is 11.8. The van der Waals surface area contributed by atoms with Crippen LogP contribution in [-0.4, -0.2) is 13.4 Å². The summed E-state index contributed by atoms with van der Waals surface area (Å²) < 4.78 is 37.0. The summed E-state index contributed by atoms with van der Waals surface area (Å²) in [4.78, 5) is 3.57. The van der Waals surface area contributed by atoms with Gasteiger partial charge in [-0.15, -0.1) is 0 Å². The molecule has 0 spiro atoms. The van der Waals surface area contributed by atoms with Gasteiger partial charge in [-0.3, -0.25) is 0 Å². The molecule has 0 saturated carbocycles. The minimum atomic E-state index is -3.45. The van der Waals surface area contributed by atoms with Crippen molar-refractivity contribution in [2.45, 2.75) is 13.5 Å². The Morgan fingerprint density at radius 3 is 2.80 bits per heavy atom. The van der Waals surface area contributed by atoms with Gasteiger partial charge < -0.3 is 0 Å². The van der Waals surface area contributed by atoms with Crippen LogP contribution >= 0.6 is 0 Å². The maximum Gasteiger partial charge on any atom is 0.233 e. The van der Waals surface area contributed by atoms with E-state index in [0.29, 0.717) is 11.3 Å². The zero-order valence-electron chi connectivity index (χ0n) is 8.20. The maximum absolute atomic E-state index is 12.6. The average Bonchev–Trinajstić information content (AvgIpc) is 2.16. The van der Waals surface area contributed by atoms with Crippen LogP contribution in [0.4, 0.5) is 4.39 Å². The van der Waals surface area contributed by atoms with E-state index >= 15 is 0 Å². The van der Waals surface area contributed by atoms with Gasteiger partial charge >= 0.3 is 0 Å². The van der Waals surface area contributed by atoms with E-state index in [1.807, 2.05) is 0 Å². The second-order valence-corrected chi connectivity index (χ2v) is 4.62. The van der Waals surface area contributed by atoms with E-state index in [0.717, 1.165) is 5.41 Å². The summed E-state index contributed by atoms with van der Waals surface area (Å²) in [6.07, 6.45) is 0. The van der Waals surface area contributed by atoms with Crippen molar-refractivity contribution in [3.63, 3.8) is 0 Å². The Morgan fingerprint density at radius 1 is 1.60 bits per heavy atom. The molecule has 0 atom stereocenters. The van der Waals surface area contributed by atoms with Crippen molar-refractivity contribution in [3.8, 4) is 0 Å². The molecule has 0 aromatic carbocycles. The topological polar surface area (TPSA) is 59.1 Å². The number of aryl methyl sites for hydroxylation is 1. The number of sulfonamides is 1. The minimum Gasteiger partial charge on any atom is -0.225 e. The molecule has 0 amide bonds. The molecule has 0 unspecified atom stereocenters. The maximum atomic E-state index is 12.6. The molecule has 6 heteroatoms. The van der Waals surface area contributed by atoms with Crippen LogP contribution < -0.4 is 4.72 Å². The molecule has 1 heterocycles. The van der Waals surface area contributed by atoms with Crippen LogP contribution in [0, 0.1) is 12.9 Å². The molecule has 0 aliphatic carbocycles. The molecule has 0 aliphatic heterocycles. The van der Waals surface area contributed by atoms with E-state index in [1.54, 1.807) is 6.92 Å². The Morgan fingerprint density at radius 2 is 2.27 bits per heavy atom. The highest BCUT2D eigenvalue weighted by molar-refractivity contribution is 7.92. The summed E-state index contributed by atoms with van der Waals surface area (Å²) >= 11 is 0. The summed E-state index contributed by atoms with van der Waals surface area (Å²) in [6, 6.07) is 2.67. The van der Waals surface area contributed by atoms with Crippen LogP contribution in [-0.2, 0) is 16.6 Å². The van der Waals surface area contributed by atoms with Gasteiger partial charge in [-0.2, -0.15) is 4.39 Å². The molecule has 0 radical (unpaired) electrons. The van der Waals surface area contributed by atoms with Gasteiger partial charge in [0.05, 0.1) is 0 Å². The number of hydrogen-bond acceptors (Lipinski definition) is 3. The largest absolute Gasteiger partial charge is 0.233 e. The minimum absolute atomic E-state index is 0.0769. The van der Waals surface area contributed by atoms with Crippen molar-refractivity contribution >= 4 is 10.0 Å². The Hall–Kier alpha value is -1.27. The quantitative estimate of drug-likeness (QED) is 0.788. The number of halogens is 1. The van der Waals surface area contributed by atoms with Crippen molar-refractivity contribution in [2.24, 2.45) is 0 Å². The lowest BCUT2D eigenvalue weighted by atomic mass is 10.2. The molecule has 0 aliphatic rings. The van der Waals surface area contributed by atoms with Gasteiger partial charge in [-0.1, -0.05) is 12.6 Å². The van der Waals surface area contributed by atoms with E-state index in [1.165, 1.54) is 12.1 Å². The van der Waals surface area contributed by atoms with Crippen molar-refractivity contribution in [3.05, 3.63) is 41.3 Å². The standard InChI is InChI=1S/C9H11FN2O2S/c1-3-15(13,14)11-6-8-4-5-9(10)12-7(8)2/h3-5,11H,1,6H2,2H3. The SMILES string of the molecule is C=CS(=O)(=O)NCc1ccc(F)nc1C. The van der Waals surface area contributed by atoms with Crippen molar-refractivity contribution in [1.29, 1.82) is 0 Å². The highest BCUT2D eigenvalue weighted by Gasteiger charge is 2.06. The van der Waals surface area contributed by atoms with E-state index in [9.17, 15) is 12.8 Å². The molecule has 1 N–H and O–H groups in total. The Balaban J connectivity index is 2.79. The van der Waals surface area contributed by atoms with Gasteiger partial charge in [-0.05, 0) is 18.6 Å². The first-order valence-electron chi connectivity index (χ1n) is 4.19. The lowest BCUT2D eigenvalue weighted by Crippen LogP contribution is -2.21. The lowest BCUT2D eigenvalue weighted by molar-refractivity contribution is 0.576. The molecular formula is C9H11FN2O2S. The third kappa shape index (κ3) is 3.41. The summed E-state index contributed by atoms with van der Waals surface area (Å²) in [5, 5.41) is 0.819. The van der Waals surface area contributed by atoms with Gasteiger partial charge in [0.1, 0.15) is 0 Å². The van der Waals surface area contributed by atoms with E-state index in [-0.39, 0.29) is 6.54 Å². The first-order valence-corrected chi connectivity index (χ1v) is 5.73. The Kier molecular flexibility index (Phi) is 3.54. The molecule has 0 fully saturated rings. The van der Waals surface area contributed by atoms with Crippen LogP contribution in [0.15, 0.2) is 24.1 Å². The fraction of sp³-hybridized carbons (Fsp3) is 0.222. The Bertz CT molecular complexity index is 471. The van der Waals surface area contributed by atoms with E-state index in [4.69, 9.17) is 0 Å². The molecular weight excluding hydrogens is 219 g/mol. The number of pyridine rings is 1. The van der Waals surface area contributed by atoms with E-state index in [2.05, 4.69) is 16.3 Å². The number of aromatic nitrogens is 1. The van der Waals surface area contributed by atoms with Crippen LogP contribution in [0.2, 0.25) is 0 Å². The summed E-state index contributed by atoms with van der Waals surface area (Å²) in [7, 11) is -3.45. The molecule has 4 nitrogen and oxygen atoms in total. The van der Waals surface area contributed by atoms with Crippen LogP contribution in [0.3, 0.4) is 0 Å². The lowest BCUT2D eigenvalue weighted by Gasteiger charge is -2.05. The molecule has 82 valence electrons. The third-order valence-corrected chi connectivity index (χ3v) is 2.83. The van der Waals surface area contributed by atoms with Crippen molar-refractivity contribution in [2.75, 3.05) is 0 Å². The monoisotopic (exact) mass is 230 g/mol. The van der Waals surface area contributed by atoms with Gasteiger partial charge in [0.2, 0.25) is 16.0 Å². The highest BCUT2D eigenvalue weighted by Crippen LogP contribution is 2.06. The summed E-state index contributed by atoms with van der Waals surface area (Å²) in [5.74, 6) is -0.581. The summed E-state index contributed by atoms with van der Waals surface area (Å²) in [6.45, 7) is 4.84. The second-order valence-electron chi connectivity index (χ2n) is 2.91. The highest BCUT2D eigenvalue weighted by atomic mass is 32.2. The average molecular weight is 230 g/mol. The molecule has 1 rings (SSSR count). The fourth-order valence-corrected chi connectivity index (χ4v) is 1.46. The van der Waals surface area contributed by atoms with Gasteiger partial charge in [0.25, 0.3) is 0 Å². The molecule has 15 heavy (non-hydrogen) atoms. The Labute approximate surface area is 87.9 Å². The number of nitrogens with zero attached hydrogens (tertiary/aromatic N) is 1. The molecule has 0 bridgehead atoms. The smallest absolute Gasteiger partial charge is 0.225 e. The zero-order valence-corrected chi connectivity index (χ0v) is 9.01. The number of rotatable bonds is 4. The zero-order chi connectivity index (χ0) is 11.5. The first-order chi connectivity index (χ1) is 6.94. The van der Waals surface area contributed by atoms with Crippen molar-refractivity contribution in [1.82, 2.24) is 9.71 Å². The predicted molar refractivity (Wildman–Crippen MR) is 54.9 cm³/mol. The predicted octanol–water partition coefficient (Wildman–Crippen LogP) is 1.09. The molecule has 1 aromatic heterocycles. The van der Waals surface area contributed by atoms with Gasteiger partial charge in [-0.25, -0.2) is 18.1 Å². The summed E-state index contributed by atoms with van der Waals surface area (Å²) in [5.41, 5.74) is 1.09. The van der Waals surface area contributed by atoms with Crippen molar-refractivity contribution < 1.29 is 12.8 Å². The molecule has 1 aromatic rings. The van der Waals surface area contributed by atoms with Crippen LogP contribution in [0.1, 0.15) is 11.3 Å². The van der Waals surface area contributed by atoms with Gasteiger partial charge in [0.15, 0.2) is 0 Å². The van der Waals surface area contributed by atoms with Gasteiger partial charge in [0, 0.05) is 17.6 Å². The number of hydrogen-bond donors (Lipinski definition) is 1. The molecule has 0 saturated heterocycles. The third-order valence-electron chi connectivity index (χ3n) is 1.84. The number of nitrogens with one attached hydrogen (secondary N) is 1. The van der Waals surface area contributed by atoms with E-state index < -0.39 is 16.0 Å². The van der Waals surface area contributed by atoms with Crippen LogP contribution in [0.5, 0.6) is 0 Å².